The highest BCUT2D eigenvalue weighted by molar-refractivity contribution is 6.28. The van der Waals surface area contributed by atoms with Gasteiger partial charge < -0.3 is 14.3 Å². The molecule has 5 nitrogen and oxygen atoms in total. The topological polar surface area (TPSA) is 64.1 Å². The van der Waals surface area contributed by atoms with Crippen molar-refractivity contribution in [1.29, 1.82) is 0 Å². The van der Waals surface area contributed by atoms with Crippen molar-refractivity contribution in [2.75, 3.05) is 13.1 Å². The first-order valence-electron chi connectivity index (χ1n) is 5.63. The molecule has 2 aromatic heterocycles. The Kier molecular flexibility index (Phi) is 2.86. The smallest absolute Gasteiger partial charge is 0.238 e. The average molecular weight is 254 g/mol. The van der Waals surface area contributed by atoms with Crippen molar-refractivity contribution in [3.8, 4) is 11.6 Å². The second kappa shape index (κ2) is 4.50. The molecule has 1 aliphatic rings. The van der Waals surface area contributed by atoms with E-state index in [1.807, 2.05) is 0 Å². The molecule has 17 heavy (non-hydrogen) atoms. The number of halogens is 1. The Morgan fingerprint density at radius 2 is 2.12 bits per heavy atom. The van der Waals surface area contributed by atoms with Gasteiger partial charge in [-0.3, -0.25) is 0 Å². The molecule has 1 N–H and O–H groups in total. The van der Waals surface area contributed by atoms with Crippen LogP contribution in [0.3, 0.4) is 0 Å². The van der Waals surface area contributed by atoms with Crippen LogP contribution < -0.4 is 5.32 Å². The van der Waals surface area contributed by atoms with Gasteiger partial charge in [0.15, 0.2) is 11.0 Å². The molecule has 90 valence electrons. The van der Waals surface area contributed by atoms with E-state index in [0.29, 0.717) is 28.6 Å². The van der Waals surface area contributed by atoms with E-state index in [2.05, 4.69) is 15.5 Å². The molecular weight excluding hydrogens is 242 g/mol. The zero-order valence-electron chi connectivity index (χ0n) is 9.15. The summed E-state index contributed by atoms with van der Waals surface area (Å²) < 4.78 is 10.5. The van der Waals surface area contributed by atoms with Gasteiger partial charge in [-0.1, -0.05) is 5.16 Å². The van der Waals surface area contributed by atoms with Gasteiger partial charge in [-0.25, -0.2) is 0 Å². The standard InChI is InChI=1S/C11H12ClN3O2/c12-9-2-1-8(16-9)10-14-11(17-15-10)7-3-5-13-6-4-7/h1-2,7,13H,3-6H2. The maximum atomic E-state index is 5.70. The van der Waals surface area contributed by atoms with E-state index in [-0.39, 0.29) is 0 Å². The summed E-state index contributed by atoms with van der Waals surface area (Å²) in [4.78, 5) is 4.36. The SMILES string of the molecule is Clc1ccc(-c2noc(C3CCNCC3)n2)o1. The average Bonchev–Trinajstić information content (AvgIpc) is 2.98. The number of piperidine rings is 1. The molecule has 3 rings (SSSR count). The van der Waals surface area contributed by atoms with Crippen LogP contribution in [-0.4, -0.2) is 23.2 Å². The van der Waals surface area contributed by atoms with Crippen LogP contribution in [0.15, 0.2) is 21.1 Å². The Morgan fingerprint density at radius 1 is 1.29 bits per heavy atom. The van der Waals surface area contributed by atoms with E-state index in [1.165, 1.54) is 0 Å². The summed E-state index contributed by atoms with van der Waals surface area (Å²) in [5, 5.41) is 7.54. The summed E-state index contributed by atoms with van der Waals surface area (Å²) in [6, 6.07) is 3.40. The Bertz CT molecular complexity index is 502. The molecule has 2 aromatic rings. The lowest BCUT2D eigenvalue weighted by atomic mass is 9.98. The fourth-order valence-electron chi connectivity index (χ4n) is 2.00. The minimum atomic E-state index is 0.327. The molecule has 0 bridgehead atoms. The third-order valence-electron chi connectivity index (χ3n) is 2.92. The second-order valence-corrected chi connectivity index (χ2v) is 4.46. The predicted molar refractivity (Wildman–Crippen MR) is 61.9 cm³/mol. The Balaban J connectivity index is 1.82. The van der Waals surface area contributed by atoms with Crippen LogP contribution in [-0.2, 0) is 0 Å². The number of aromatic nitrogens is 2. The van der Waals surface area contributed by atoms with Crippen LogP contribution in [0.25, 0.3) is 11.6 Å². The largest absolute Gasteiger partial charge is 0.441 e. The van der Waals surface area contributed by atoms with E-state index < -0.39 is 0 Å². The van der Waals surface area contributed by atoms with Crippen LogP contribution in [0, 0.1) is 0 Å². The fourth-order valence-corrected chi connectivity index (χ4v) is 2.15. The Hall–Kier alpha value is -1.33. The van der Waals surface area contributed by atoms with Gasteiger partial charge in [0.05, 0.1) is 0 Å². The van der Waals surface area contributed by atoms with Crippen molar-refractivity contribution < 1.29 is 8.94 Å². The minimum Gasteiger partial charge on any atom is -0.441 e. The van der Waals surface area contributed by atoms with Crippen molar-refractivity contribution in [3.05, 3.63) is 23.2 Å². The molecule has 6 heteroatoms. The first-order valence-corrected chi connectivity index (χ1v) is 6.01. The van der Waals surface area contributed by atoms with Crippen LogP contribution in [0.2, 0.25) is 5.22 Å². The van der Waals surface area contributed by atoms with Crippen molar-refractivity contribution in [3.63, 3.8) is 0 Å². The lowest BCUT2D eigenvalue weighted by Crippen LogP contribution is -2.26. The molecule has 0 atom stereocenters. The Labute approximate surface area is 103 Å². The second-order valence-electron chi connectivity index (χ2n) is 4.08. The summed E-state index contributed by atoms with van der Waals surface area (Å²) in [6.07, 6.45) is 2.06. The number of nitrogens with one attached hydrogen (secondary N) is 1. The van der Waals surface area contributed by atoms with Gasteiger partial charge in [-0.15, -0.1) is 0 Å². The van der Waals surface area contributed by atoms with Gasteiger partial charge in [0, 0.05) is 5.92 Å². The lowest BCUT2D eigenvalue weighted by molar-refractivity contribution is 0.320. The maximum absolute atomic E-state index is 5.70. The van der Waals surface area contributed by atoms with E-state index in [0.717, 1.165) is 25.9 Å². The highest BCUT2D eigenvalue weighted by Gasteiger charge is 2.22. The first-order chi connectivity index (χ1) is 8.33. The lowest BCUT2D eigenvalue weighted by Gasteiger charge is -2.18. The third-order valence-corrected chi connectivity index (χ3v) is 3.13. The van der Waals surface area contributed by atoms with Crippen molar-refractivity contribution in [2.24, 2.45) is 0 Å². The molecule has 0 aromatic carbocycles. The number of nitrogens with zero attached hydrogens (tertiary/aromatic N) is 2. The van der Waals surface area contributed by atoms with Gasteiger partial charge in [-0.05, 0) is 49.7 Å². The zero-order chi connectivity index (χ0) is 11.7. The van der Waals surface area contributed by atoms with Crippen molar-refractivity contribution >= 4 is 11.6 Å². The fraction of sp³-hybridized carbons (Fsp3) is 0.455. The highest BCUT2D eigenvalue weighted by atomic mass is 35.5. The first kappa shape index (κ1) is 10.8. The van der Waals surface area contributed by atoms with E-state index in [4.69, 9.17) is 20.5 Å². The van der Waals surface area contributed by atoms with Crippen LogP contribution >= 0.6 is 11.6 Å². The molecule has 1 saturated heterocycles. The molecule has 0 spiro atoms. The van der Waals surface area contributed by atoms with Crippen LogP contribution in [0.4, 0.5) is 0 Å². The molecule has 3 heterocycles. The number of hydrogen-bond acceptors (Lipinski definition) is 5. The van der Waals surface area contributed by atoms with E-state index in [1.54, 1.807) is 12.1 Å². The van der Waals surface area contributed by atoms with Crippen molar-refractivity contribution in [2.45, 2.75) is 18.8 Å². The van der Waals surface area contributed by atoms with Gasteiger partial charge in [0.25, 0.3) is 0 Å². The molecule has 0 unspecified atom stereocenters. The van der Waals surface area contributed by atoms with Crippen LogP contribution in [0.1, 0.15) is 24.7 Å². The molecule has 0 saturated carbocycles. The van der Waals surface area contributed by atoms with Gasteiger partial charge in [-0.2, -0.15) is 4.98 Å². The van der Waals surface area contributed by atoms with E-state index >= 15 is 0 Å². The zero-order valence-corrected chi connectivity index (χ0v) is 9.91. The Morgan fingerprint density at radius 3 is 2.82 bits per heavy atom. The molecule has 0 amide bonds. The van der Waals surface area contributed by atoms with E-state index in [9.17, 15) is 0 Å². The maximum Gasteiger partial charge on any atom is 0.238 e. The molecule has 0 aliphatic carbocycles. The number of rotatable bonds is 2. The number of hydrogen-bond donors (Lipinski definition) is 1. The van der Waals surface area contributed by atoms with Gasteiger partial charge >= 0.3 is 0 Å². The summed E-state index contributed by atoms with van der Waals surface area (Å²) in [6.45, 7) is 1.99. The quantitative estimate of drug-likeness (QED) is 0.891. The normalized spacial score (nSPS) is 17.5. The molecule has 1 fully saturated rings. The summed E-state index contributed by atoms with van der Waals surface area (Å²) in [7, 11) is 0. The number of furan rings is 1. The monoisotopic (exact) mass is 253 g/mol. The minimum absolute atomic E-state index is 0.327. The summed E-state index contributed by atoms with van der Waals surface area (Å²) in [5.74, 6) is 2.04. The molecule has 0 radical (unpaired) electrons. The third kappa shape index (κ3) is 2.21. The van der Waals surface area contributed by atoms with Gasteiger partial charge in [0.1, 0.15) is 0 Å². The predicted octanol–water partition coefficient (Wildman–Crippen LogP) is 2.45. The molecular formula is C11H12ClN3O2. The van der Waals surface area contributed by atoms with Gasteiger partial charge in [0.2, 0.25) is 11.7 Å². The highest BCUT2D eigenvalue weighted by Crippen LogP contribution is 2.27. The summed E-state index contributed by atoms with van der Waals surface area (Å²) in [5.41, 5.74) is 0. The van der Waals surface area contributed by atoms with Crippen molar-refractivity contribution in [1.82, 2.24) is 15.5 Å². The molecule has 1 aliphatic heterocycles. The van der Waals surface area contributed by atoms with Crippen LogP contribution in [0.5, 0.6) is 0 Å². The summed E-state index contributed by atoms with van der Waals surface area (Å²) >= 11 is 5.70.